The van der Waals surface area contributed by atoms with Crippen molar-refractivity contribution in [2.24, 2.45) is 0 Å². The average molecular weight is 278 g/mol. The van der Waals surface area contributed by atoms with Crippen LogP contribution in [0.5, 0.6) is 0 Å². The second kappa shape index (κ2) is 6.61. The molecule has 0 bridgehead atoms. The molecule has 1 saturated heterocycles. The Kier molecular flexibility index (Phi) is 4.85. The van der Waals surface area contributed by atoms with Crippen LogP contribution in [0.1, 0.15) is 23.2 Å². The first-order valence-electron chi connectivity index (χ1n) is 6.41. The number of rotatable bonds is 5. The Morgan fingerprint density at radius 2 is 2.21 bits per heavy atom. The minimum Gasteiger partial charge on any atom is -0.350 e. The van der Waals surface area contributed by atoms with Gasteiger partial charge in [-0.3, -0.25) is 9.59 Å². The number of amides is 2. The molecule has 1 N–H and O–H groups in total. The molecule has 0 radical (unpaired) electrons. The molecule has 1 fully saturated rings. The predicted molar refractivity (Wildman–Crippen MR) is 76.4 cm³/mol. The standard InChI is InChI=1S/C14H18N2O2S/c1-19-12-6-3-2-5-11(12)14(18)15-8-10-16-9-4-7-13(16)17/h2-3,5-6H,4,7-10H2,1H3,(H,15,18). The zero-order valence-corrected chi connectivity index (χ0v) is 11.8. The van der Waals surface area contributed by atoms with Crippen molar-refractivity contribution in [3.8, 4) is 0 Å². The molecule has 1 aromatic carbocycles. The molecule has 0 unspecified atom stereocenters. The molecule has 0 spiro atoms. The largest absolute Gasteiger partial charge is 0.350 e. The van der Waals surface area contributed by atoms with Crippen LogP contribution in [-0.2, 0) is 4.79 Å². The number of benzene rings is 1. The fraction of sp³-hybridized carbons (Fsp3) is 0.429. The summed E-state index contributed by atoms with van der Waals surface area (Å²) in [7, 11) is 0. The zero-order valence-electron chi connectivity index (χ0n) is 11.0. The van der Waals surface area contributed by atoms with E-state index >= 15 is 0 Å². The third kappa shape index (κ3) is 3.50. The molecule has 0 saturated carbocycles. The first kappa shape index (κ1) is 13.9. The Labute approximate surface area is 117 Å². The maximum Gasteiger partial charge on any atom is 0.252 e. The molecule has 4 nitrogen and oxygen atoms in total. The third-order valence-electron chi connectivity index (χ3n) is 3.19. The minimum absolute atomic E-state index is 0.0726. The number of carbonyl (C=O) groups excluding carboxylic acids is 2. The van der Waals surface area contributed by atoms with E-state index in [2.05, 4.69) is 5.32 Å². The van der Waals surface area contributed by atoms with Crippen LogP contribution in [0, 0.1) is 0 Å². The van der Waals surface area contributed by atoms with Gasteiger partial charge in [-0.2, -0.15) is 0 Å². The van der Waals surface area contributed by atoms with Gasteiger partial charge in [0.05, 0.1) is 5.56 Å². The summed E-state index contributed by atoms with van der Waals surface area (Å²) in [5.74, 6) is 0.121. The number of hydrogen-bond donors (Lipinski definition) is 1. The summed E-state index contributed by atoms with van der Waals surface area (Å²) < 4.78 is 0. The SMILES string of the molecule is CSc1ccccc1C(=O)NCCN1CCCC1=O. The van der Waals surface area contributed by atoms with E-state index in [1.54, 1.807) is 16.7 Å². The average Bonchev–Trinajstić information content (AvgIpc) is 2.84. The van der Waals surface area contributed by atoms with E-state index in [1.807, 2.05) is 30.5 Å². The van der Waals surface area contributed by atoms with Crippen LogP contribution in [0.4, 0.5) is 0 Å². The topological polar surface area (TPSA) is 49.4 Å². The molecule has 1 aromatic rings. The second-order valence-electron chi connectivity index (χ2n) is 4.44. The van der Waals surface area contributed by atoms with E-state index in [-0.39, 0.29) is 11.8 Å². The van der Waals surface area contributed by atoms with Gasteiger partial charge < -0.3 is 10.2 Å². The Morgan fingerprint density at radius 3 is 2.89 bits per heavy atom. The van der Waals surface area contributed by atoms with Crippen LogP contribution in [0.3, 0.4) is 0 Å². The van der Waals surface area contributed by atoms with Gasteiger partial charge in [-0.15, -0.1) is 11.8 Å². The maximum absolute atomic E-state index is 12.1. The van der Waals surface area contributed by atoms with Gasteiger partial charge in [0.2, 0.25) is 5.91 Å². The van der Waals surface area contributed by atoms with Crippen molar-refractivity contribution < 1.29 is 9.59 Å². The van der Waals surface area contributed by atoms with Crippen LogP contribution in [0.2, 0.25) is 0 Å². The Hall–Kier alpha value is -1.49. The zero-order chi connectivity index (χ0) is 13.7. The van der Waals surface area contributed by atoms with Crippen LogP contribution in [0.15, 0.2) is 29.2 Å². The molecular formula is C14H18N2O2S. The number of nitrogens with zero attached hydrogens (tertiary/aromatic N) is 1. The van der Waals surface area contributed by atoms with Crippen molar-refractivity contribution in [2.75, 3.05) is 25.9 Å². The maximum atomic E-state index is 12.1. The lowest BCUT2D eigenvalue weighted by Gasteiger charge is -2.16. The fourth-order valence-electron chi connectivity index (χ4n) is 2.17. The van der Waals surface area contributed by atoms with E-state index in [9.17, 15) is 9.59 Å². The van der Waals surface area contributed by atoms with Gasteiger partial charge in [-0.1, -0.05) is 12.1 Å². The summed E-state index contributed by atoms with van der Waals surface area (Å²) in [4.78, 5) is 26.3. The van der Waals surface area contributed by atoms with Crippen LogP contribution >= 0.6 is 11.8 Å². The van der Waals surface area contributed by atoms with Gasteiger partial charge in [0.25, 0.3) is 5.91 Å². The predicted octanol–water partition coefficient (Wildman–Crippen LogP) is 1.76. The van der Waals surface area contributed by atoms with E-state index in [0.29, 0.717) is 25.1 Å². The van der Waals surface area contributed by atoms with Crippen molar-refractivity contribution in [1.29, 1.82) is 0 Å². The first-order chi connectivity index (χ1) is 9.22. The summed E-state index contributed by atoms with van der Waals surface area (Å²) in [5.41, 5.74) is 0.697. The lowest BCUT2D eigenvalue weighted by molar-refractivity contribution is -0.127. The van der Waals surface area contributed by atoms with Crippen molar-refractivity contribution in [1.82, 2.24) is 10.2 Å². The second-order valence-corrected chi connectivity index (χ2v) is 5.29. The van der Waals surface area contributed by atoms with Crippen LogP contribution in [-0.4, -0.2) is 42.6 Å². The van der Waals surface area contributed by atoms with E-state index < -0.39 is 0 Å². The van der Waals surface area contributed by atoms with E-state index in [4.69, 9.17) is 0 Å². The highest BCUT2D eigenvalue weighted by Crippen LogP contribution is 2.19. The van der Waals surface area contributed by atoms with Crippen LogP contribution in [0.25, 0.3) is 0 Å². The molecule has 1 heterocycles. The van der Waals surface area contributed by atoms with Crippen LogP contribution < -0.4 is 5.32 Å². The van der Waals surface area contributed by atoms with E-state index in [0.717, 1.165) is 17.9 Å². The molecule has 0 atom stereocenters. The summed E-state index contributed by atoms with van der Waals surface area (Å²) in [6, 6.07) is 7.54. The fourth-order valence-corrected chi connectivity index (χ4v) is 2.77. The number of carbonyl (C=O) groups is 2. The highest BCUT2D eigenvalue weighted by Gasteiger charge is 2.19. The highest BCUT2D eigenvalue weighted by atomic mass is 32.2. The first-order valence-corrected chi connectivity index (χ1v) is 7.64. The lowest BCUT2D eigenvalue weighted by atomic mass is 10.2. The summed E-state index contributed by atoms with van der Waals surface area (Å²) in [6.45, 7) is 1.93. The molecule has 2 amide bonds. The third-order valence-corrected chi connectivity index (χ3v) is 3.99. The Morgan fingerprint density at radius 1 is 1.42 bits per heavy atom. The van der Waals surface area contributed by atoms with E-state index in [1.165, 1.54) is 0 Å². The molecule has 0 aliphatic carbocycles. The van der Waals surface area contributed by atoms with Gasteiger partial charge in [-0.25, -0.2) is 0 Å². The molecular weight excluding hydrogens is 260 g/mol. The highest BCUT2D eigenvalue weighted by molar-refractivity contribution is 7.98. The van der Waals surface area contributed by atoms with Crippen molar-refractivity contribution >= 4 is 23.6 Å². The minimum atomic E-state index is -0.0726. The lowest BCUT2D eigenvalue weighted by Crippen LogP contribution is -2.35. The molecule has 0 aromatic heterocycles. The Bertz CT molecular complexity index is 476. The quantitative estimate of drug-likeness (QED) is 0.835. The van der Waals surface area contributed by atoms with Crippen molar-refractivity contribution in [2.45, 2.75) is 17.7 Å². The van der Waals surface area contributed by atoms with Gasteiger partial charge in [0.15, 0.2) is 0 Å². The smallest absolute Gasteiger partial charge is 0.252 e. The molecule has 1 aliphatic rings. The number of hydrogen-bond acceptors (Lipinski definition) is 3. The van der Waals surface area contributed by atoms with Gasteiger partial charge >= 0.3 is 0 Å². The molecule has 5 heteroatoms. The summed E-state index contributed by atoms with van der Waals surface area (Å²) in [5, 5.41) is 2.87. The Balaban J connectivity index is 1.85. The summed E-state index contributed by atoms with van der Waals surface area (Å²) in [6.07, 6.45) is 3.53. The number of nitrogens with one attached hydrogen (secondary N) is 1. The normalized spacial score (nSPS) is 14.8. The monoisotopic (exact) mass is 278 g/mol. The van der Waals surface area contributed by atoms with Gasteiger partial charge in [0.1, 0.15) is 0 Å². The van der Waals surface area contributed by atoms with Crippen molar-refractivity contribution in [3.05, 3.63) is 29.8 Å². The number of likely N-dealkylation sites (tertiary alicyclic amines) is 1. The van der Waals surface area contributed by atoms with Crippen molar-refractivity contribution in [3.63, 3.8) is 0 Å². The number of thioether (sulfide) groups is 1. The molecule has 19 heavy (non-hydrogen) atoms. The molecule has 2 rings (SSSR count). The summed E-state index contributed by atoms with van der Waals surface area (Å²) >= 11 is 1.56. The molecule has 102 valence electrons. The van der Waals surface area contributed by atoms with Gasteiger partial charge in [-0.05, 0) is 24.8 Å². The van der Waals surface area contributed by atoms with Gasteiger partial charge in [0, 0.05) is 31.0 Å². The molecule has 1 aliphatic heterocycles.